The van der Waals surface area contributed by atoms with Crippen molar-refractivity contribution in [2.45, 2.75) is 13.3 Å². The maximum Gasteiger partial charge on any atom is 0.134 e. The molecule has 0 unspecified atom stereocenters. The third-order valence-electron chi connectivity index (χ3n) is 3.06. The Hall–Kier alpha value is -1.65. The lowest BCUT2D eigenvalue weighted by Gasteiger charge is -2.03. The van der Waals surface area contributed by atoms with Crippen LogP contribution >= 0.6 is 22.9 Å². The van der Waals surface area contributed by atoms with Crippen LogP contribution in [-0.2, 0) is 6.42 Å². The largest absolute Gasteiger partial charge is 0.383 e. The lowest BCUT2D eigenvalue weighted by atomic mass is 10.1. The number of fused-ring (bicyclic) bond motifs is 1. The summed E-state index contributed by atoms with van der Waals surface area (Å²) < 4.78 is 0.818. The zero-order chi connectivity index (χ0) is 13.4. The van der Waals surface area contributed by atoms with Gasteiger partial charge in [0.15, 0.2) is 0 Å². The lowest BCUT2D eigenvalue weighted by Crippen LogP contribution is -1.93. The Morgan fingerprint density at radius 1 is 1.26 bits per heavy atom. The summed E-state index contributed by atoms with van der Waals surface area (Å²) in [5.41, 5.74) is 8.78. The highest BCUT2D eigenvalue weighted by molar-refractivity contribution is 7.16. The predicted molar refractivity (Wildman–Crippen MR) is 81.7 cm³/mol. The average molecular weight is 290 g/mol. The van der Waals surface area contributed by atoms with Crippen LogP contribution in [0.15, 0.2) is 30.6 Å². The van der Waals surface area contributed by atoms with E-state index in [1.165, 1.54) is 11.2 Å². The molecule has 0 bridgehead atoms. The summed E-state index contributed by atoms with van der Waals surface area (Å²) in [6.45, 7) is 2.13. The molecule has 2 heterocycles. The van der Waals surface area contributed by atoms with Crippen molar-refractivity contribution in [2.24, 2.45) is 0 Å². The minimum absolute atomic E-state index is 0.502. The van der Waals surface area contributed by atoms with Gasteiger partial charge in [0.25, 0.3) is 0 Å². The molecule has 0 saturated carbocycles. The van der Waals surface area contributed by atoms with E-state index in [-0.39, 0.29) is 0 Å². The second-order valence-electron chi connectivity index (χ2n) is 4.24. The standard InChI is InChI=1S/C14H12ClN3S/c1-2-9-6-11(13(15)19-9)8-3-4-10-12(5-8)17-7-18-14(10)16/h3-7H,2H2,1H3,(H2,16,17,18). The number of aromatic nitrogens is 2. The van der Waals surface area contributed by atoms with Gasteiger partial charge in [-0.1, -0.05) is 24.6 Å². The number of nitrogens with two attached hydrogens (primary N) is 1. The third kappa shape index (κ3) is 2.17. The van der Waals surface area contributed by atoms with Crippen LogP contribution in [0, 0.1) is 0 Å². The van der Waals surface area contributed by atoms with E-state index in [1.54, 1.807) is 11.3 Å². The molecular formula is C14H12ClN3S. The Morgan fingerprint density at radius 2 is 2.11 bits per heavy atom. The Bertz CT molecular complexity index is 752. The highest BCUT2D eigenvalue weighted by atomic mass is 35.5. The van der Waals surface area contributed by atoms with Gasteiger partial charge in [-0.05, 0) is 30.2 Å². The second-order valence-corrected chi connectivity index (χ2v) is 5.98. The Balaban J connectivity index is 2.17. The average Bonchev–Trinajstić information content (AvgIpc) is 2.80. The van der Waals surface area contributed by atoms with Crippen molar-refractivity contribution >= 4 is 39.7 Å². The lowest BCUT2D eigenvalue weighted by molar-refractivity contribution is 1.19. The predicted octanol–water partition coefficient (Wildman–Crippen LogP) is 4.16. The Labute approximate surface area is 120 Å². The molecule has 3 aromatic rings. The zero-order valence-corrected chi connectivity index (χ0v) is 11.9. The molecule has 5 heteroatoms. The molecule has 0 radical (unpaired) electrons. The summed E-state index contributed by atoms with van der Waals surface area (Å²) >= 11 is 7.93. The summed E-state index contributed by atoms with van der Waals surface area (Å²) in [6.07, 6.45) is 2.47. The quantitative estimate of drug-likeness (QED) is 0.771. The van der Waals surface area contributed by atoms with Crippen LogP contribution in [0.4, 0.5) is 5.82 Å². The summed E-state index contributed by atoms with van der Waals surface area (Å²) in [5, 5.41) is 0.869. The van der Waals surface area contributed by atoms with E-state index in [0.717, 1.165) is 32.8 Å². The molecule has 1 aromatic carbocycles. The van der Waals surface area contributed by atoms with E-state index in [0.29, 0.717) is 5.82 Å². The number of hydrogen-bond acceptors (Lipinski definition) is 4. The number of anilines is 1. The van der Waals surface area contributed by atoms with Crippen LogP contribution < -0.4 is 5.73 Å². The summed E-state index contributed by atoms with van der Waals surface area (Å²) in [6, 6.07) is 8.09. The van der Waals surface area contributed by atoms with Crippen LogP contribution in [0.25, 0.3) is 22.0 Å². The topological polar surface area (TPSA) is 51.8 Å². The molecule has 0 fully saturated rings. The molecule has 0 aliphatic carbocycles. The molecule has 96 valence electrons. The van der Waals surface area contributed by atoms with E-state index in [1.807, 2.05) is 18.2 Å². The molecule has 3 nitrogen and oxygen atoms in total. The molecule has 0 aliphatic rings. The van der Waals surface area contributed by atoms with Crippen molar-refractivity contribution in [1.82, 2.24) is 9.97 Å². The first-order valence-electron chi connectivity index (χ1n) is 5.98. The van der Waals surface area contributed by atoms with E-state index in [9.17, 15) is 0 Å². The van der Waals surface area contributed by atoms with Gasteiger partial charge in [0.05, 0.1) is 5.52 Å². The number of halogens is 1. The van der Waals surface area contributed by atoms with Gasteiger partial charge in [-0.2, -0.15) is 0 Å². The molecule has 2 N–H and O–H groups in total. The van der Waals surface area contributed by atoms with Gasteiger partial charge in [-0.25, -0.2) is 9.97 Å². The molecule has 19 heavy (non-hydrogen) atoms. The fourth-order valence-corrected chi connectivity index (χ4v) is 3.33. The molecule has 0 atom stereocenters. The zero-order valence-electron chi connectivity index (χ0n) is 10.4. The molecule has 0 spiro atoms. The fourth-order valence-electron chi connectivity index (χ4n) is 2.03. The van der Waals surface area contributed by atoms with Crippen LogP contribution in [0.3, 0.4) is 0 Å². The SMILES string of the molecule is CCc1cc(-c2ccc3c(N)ncnc3c2)c(Cl)s1. The summed E-state index contributed by atoms with van der Waals surface area (Å²) in [7, 11) is 0. The van der Waals surface area contributed by atoms with E-state index >= 15 is 0 Å². The smallest absolute Gasteiger partial charge is 0.134 e. The first-order chi connectivity index (χ1) is 9.19. The van der Waals surface area contributed by atoms with E-state index < -0.39 is 0 Å². The maximum absolute atomic E-state index is 6.30. The molecule has 3 rings (SSSR count). The first-order valence-corrected chi connectivity index (χ1v) is 7.17. The second kappa shape index (κ2) is 4.79. The fraction of sp³-hybridized carbons (Fsp3) is 0.143. The maximum atomic E-state index is 6.30. The van der Waals surface area contributed by atoms with Gasteiger partial charge >= 0.3 is 0 Å². The minimum Gasteiger partial charge on any atom is -0.383 e. The molecule has 0 aliphatic heterocycles. The van der Waals surface area contributed by atoms with Crippen LogP contribution in [0.1, 0.15) is 11.8 Å². The van der Waals surface area contributed by atoms with Crippen LogP contribution in [0.5, 0.6) is 0 Å². The summed E-state index contributed by atoms with van der Waals surface area (Å²) in [4.78, 5) is 9.52. The number of nitrogen functional groups attached to an aromatic ring is 1. The van der Waals surface area contributed by atoms with E-state index in [2.05, 4.69) is 23.0 Å². The van der Waals surface area contributed by atoms with Gasteiger partial charge < -0.3 is 5.73 Å². The van der Waals surface area contributed by atoms with Crippen molar-refractivity contribution < 1.29 is 0 Å². The minimum atomic E-state index is 0.502. The van der Waals surface area contributed by atoms with Crippen LogP contribution in [-0.4, -0.2) is 9.97 Å². The highest BCUT2D eigenvalue weighted by Crippen LogP contribution is 2.37. The number of benzene rings is 1. The number of rotatable bonds is 2. The summed E-state index contributed by atoms with van der Waals surface area (Å²) in [5.74, 6) is 0.502. The molecule has 0 saturated heterocycles. The van der Waals surface area contributed by atoms with Gasteiger partial charge in [0, 0.05) is 15.8 Å². The molecule has 0 amide bonds. The number of nitrogens with zero attached hydrogens (tertiary/aromatic N) is 2. The third-order valence-corrected chi connectivity index (χ3v) is 4.57. The molecule has 2 aromatic heterocycles. The Morgan fingerprint density at radius 3 is 2.84 bits per heavy atom. The van der Waals surface area contributed by atoms with E-state index in [4.69, 9.17) is 17.3 Å². The molecular weight excluding hydrogens is 278 g/mol. The normalized spacial score (nSPS) is 11.1. The monoisotopic (exact) mass is 289 g/mol. The van der Waals surface area contributed by atoms with Crippen molar-refractivity contribution in [3.63, 3.8) is 0 Å². The number of aryl methyl sites for hydroxylation is 1. The van der Waals surface area contributed by atoms with Crippen molar-refractivity contribution in [3.05, 3.63) is 39.8 Å². The van der Waals surface area contributed by atoms with Crippen molar-refractivity contribution in [3.8, 4) is 11.1 Å². The first kappa shape index (κ1) is 12.4. The number of hydrogen-bond donors (Lipinski definition) is 1. The van der Waals surface area contributed by atoms with Gasteiger partial charge in [-0.3, -0.25) is 0 Å². The number of thiophene rings is 1. The van der Waals surface area contributed by atoms with Gasteiger partial charge in [0.1, 0.15) is 16.5 Å². The van der Waals surface area contributed by atoms with Crippen molar-refractivity contribution in [2.75, 3.05) is 5.73 Å². The van der Waals surface area contributed by atoms with Crippen LogP contribution in [0.2, 0.25) is 4.34 Å². The van der Waals surface area contributed by atoms with Gasteiger partial charge in [0.2, 0.25) is 0 Å². The van der Waals surface area contributed by atoms with Gasteiger partial charge in [-0.15, -0.1) is 11.3 Å². The Kier molecular flexibility index (Phi) is 3.12. The van der Waals surface area contributed by atoms with Crippen molar-refractivity contribution in [1.29, 1.82) is 0 Å². The highest BCUT2D eigenvalue weighted by Gasteiger charge is 2.10.